The molecule has 6 rings (SSSR count). The number of likely N-dealkylation sites (N-methyl/N-ethyl adjacent to an activating group) is 1. The topological polar surface area (TPSA) is 183 Å². The van der Waals surface area contributed by atoms with Crippen LogP contribution in [0, 0.1) is 11.8 Å². The molecule has 6 amide bonds. The van der Waals surface area contributed by atoms with Crippen LogP contribution in [0.1, 0.15) is 86.4 Å². The molecule has 3 aromatic rings. The summed E-state index contributed by atoms with van der Waals surface area (Å²) >= 11 is 0. The van der Waals surface area contributed by atoms with Crippen LogP contribution in [0.5, 0.6) is 11.5 Å². The molecular formula is C45H50F3N5O10. The second-order valence-corrected chi connectivity index (χ2v) is 15.5. The SMILES string of the molecule is COc1cnc(C(=O)NCc2cccc(CC(=O)N(C)CCOCCOCCOc3ccc4c(c3)C(=O)N(C3CCC(=O)NC3=O)C4=O)c2)cc1/C=C/[C@H]1CC[C@H](C(F)(F)F)CC1. The summed E-state index contributed by atoms with van der Waals surface area (Å²) in [5.74, 6) is -3.35. The molecule has 2 aliphatic heterocycles. The number of nitrogens with zero attached hydrogens (tertiary/aromatic N) is 3. The molecule has 1 aliphatic carbocycles. The van der Waals surface area contributed by atoms with E-state index >= 15 is 0 Å². The molecule has 1 saturated carbocycles. The second kappa shape index (κ2) is 21.3. The number of carbonyl (C=O) groups excluding carboxylic acids is 6. The van der Waals surface area contributed by atoms with Crippen LogP contribution in [0.2, 0.25) is 0 Å². The molecule has 2 fully saturated rings. The zero-order chi connectivity index (χ0) is 45.1. The number of pyridine rings is 1. The van der Waals surface area contributed by atoms with Crippen LogP contribution in [0.3, 0.4) is 0 Å². The highest BCUT2D eigenvalue weighted by Gasteiger charge is 2.45. The third-order valence-corrected chi connectivity index (χ3v) is 11.2. The Bertz CT molecular complexity index is 2210. The van der Waals surface area contributed by atoms with E-state index in [1.807, 2.05) is 30.3 Å². The van der Waals surface area contributed by atoms with Gasteiger partial charge in [-0.3, -0.25) is 39.0 Å². The molecule has 2 aromatic carbocycles. The van der Waals surface area contributed by atoms with Gasteiger partial charge in [0, 0.05) is 32.1 Å². The van der Waals surface area contributed by atoms with Crippen molar-refractivity contribution in [2.75, 3.05) is 53.7 Å². The van der Waals surface area contributed by atoms with Crippen LogP contribution in [0.25, 0.3) is 6.08 Å². The van der Waals surface area contributed by atoms with Crippen LogP contribution in [0.15, 0.2) is 60.8 Å². The lowest BCUT2D eigenvalue weighted by Gasteiger charge is -2.28. The first-order valence-corrected chi connectivity index (χ1v) is 20.7. The summed E-state index contributed by atoms with van der Waals surface area (Å²) in [5, 5.41) is 5.02. The lowest BCUT2D eigenvalue weighted by molar-refractivity contribution is -0.183. The predicted octanol–water partition coefficient (Wildman–Crippen LogP) is 4.92. The average molecular weight is 878 g/mol. The van der Waals surface area contributed by atoms with Gasteiger partial charge in [-0.1, -0.05) is 36.4 Å². The van der Waals surface area contributed by atoms with Gasteiger partial charge in [0.05, 0.1) is 63.2 Å². The number of allylic oxidation sites excluding steroid dienone is 1. The Balaban J connectivity index is 0.853. The fourth-order valence-corrected chi connectivity index (χ4v) is 7.60. The average Bonchev–Trinajstić information content (AvgIpc) is 3.51. The molecule has 1 saturated heterocycles. The summed E-state index contributed by atoms with van der Waals surface area (Å²) in [5.41, 5.74) is 2.58. The van der Waals surface area contributed by atoms with Crippen LogP contribution in [-0.4, -0.2) is 116 Å². The fraction of sp³-hybridized carbons (Fsp3) is 0.444. The van der Waals surface area contributed by atoms with Crippen molar-refractivity contribution in [1.82, 2.24) is 25.4 Å². The number of carbonyl (C=O) groups is 6. The predicted molar refractivity (Wildman–Crippen MR) is 221 cm³/mol. The maximum atomic E-state index is 13.1. The highest BCUT2D eigenvalue weighted by atomic mass is 19.4. The number of nitrogens with one attached hydrogen (secondary N) is 2. The molecule has 3 heterocycles. The van der Waals surface area contributed by atoms with E-state index in [1.165, 1.54) is 25.4 Å². The summed E-state index contributed by atoms with van der Waals surface area (Å²) < 4.78 is 61.5. The first-order chi connectivity index (χ1) is 30.2. The second-order valence-electron chi connectivity index (χ2n) is 15.5. The number of methoxy groups -OCH3 is 1. The van der Waals surface area contributed by atoms with Gasteiger partial charge in [-0.15, -0.1) is 0 Å². The summed E-state index contributed by atoms with van der Waals surface area (Å²) in [6, 6.07) is 12.3. The standard InChI is InChI=1S/C45H50F3N5O10/c1-52(16-17-61-18-19-62-20-21-63-33-12-13-34-35(25-33)44(59)53(43(34)58)37-14-15-39(54)51-42(37)57)40(55)23-29-4-3-5-30(22-29)26-50-41(56)36-24-31(38(60-2)27-49-36)9-6-28-7-10-32(11-8-28)45(46,47)48/h3-6,9,12-13,22,24-25,27-28,32,37H,7-8,10-11,14-21,23,26H2,1-2H3,(H,50,56)(H,51,54,57)/b9-6+/t28-,32-,37?. The first-order valence-electron chi connectivity index (χ1n) is 20.7. The zero-order valence-electron chi connectivity index (χ0n) is 35.0. The maximum absolute atomic E-state index is 13.1. The Morgan fingerprint density at radius 2 is 1.62 bits per heavy atom. The largest absolute Gasteiger partial charge is 0.495 e. The molecule has 1 unspecified atom stereocenters. The van der Waals surface area contributed by atoms with E-state index in [-0.39, 0.29) is 100 Å². The Hall–Kier alpha value is -6.14. The van der Waals surface area contributed by atoms with Gasteiger partial charge in [-0.05, 0) is 73.4 Å². The molecule has 0 spiro atoms. The molecule has 336 valence electrons. The van der Waals surface area contributed by atoms with Crippen molar-refractivity contribution in [2.45, 2.75) is 63.7 Å². The number of imide groups is 2. The number of benzene rings is 2. The third-order valence-electron chi connectivity index (χ3n) is 11.2. The van der Waals surface area contributed by atoms with E-state index in [0.29, 0.717) is 36.4 Å². The van der Waals surface area contributed by atoms with Gasteiger partial charge in [0.1, 0.15) is 29.8 Å². The van der Waals surface area contributed by atoms with Crippen molar-refractivity contribution in [3.05, 3.63) is 94.3 Å². The van der Waals surface area contributed by atoms with Gasteiger partial charge >= 0.3 is 6.18 Å². The lowest BCUT2D eigenvalue weighted by atomic mass is 9.81. The van der Waals surface area contributed by atoms with Gasteiger partial charge in [0.2, 0.25) is 17.7 Å². The van der Waals surface area contributed by atoms with Crippen molar-refractivity contribution in [3.8, 4) is 11.5 Å². The Morgan fingerprint density at radius 1 is 0.905 bits per heavy atom. The molecule has 15 nitrogen and oxygen atoms in total. The highest BCUT2D eigenvalue weighted by molar-refractivity contribution is 6.23. The van der Waals surface area contributed by atoms with Crippen molar-refractivity contribution in [3.63, 3.8) is 0 Å². The molecule has 2 N–H and O–H groups in total. The van der Waals surface area contributed by atoms with Gasteiger partial charge in [-0.2, -0.15) is 13.2 Å². The zero-order valence-corrected chi connectivity index (χ0v) is 35.0. The van der Waals surface area contributed by atoms with Crippen LogP contribution >= 0.6 is 0 Å². The number of amides is 6. The van der Waals surface area contributed by atoms with E-state index in [9.17, 15) is 41.9 Å². The number of alkyl halides is 3. The molecule has 0 radical (unpaired) electrons. The minimum Gasteiger partial charge on any atom is -0.495 e. The maximum Gasteiger partial charge on any atom is 0.391 e. The minimum absolute atomic E-state index is 0.000370. The molecule has 63 heavy (non-hydrogen) atoms. The molecular weight excluding hydrogens is 828 g/mol. The Labute approximate surface area is 362 Å². The number of rotatable bonds is 19. The number of halogens is 3. The van der Waals surface area contributed by atoms with Gasteiger partial charge in [-0.25, -0.2) is 4.98 Å². The molecule has 3 aliphatic rings. The smallest absolute Gasteiger partial charge is 0.391 e. The lowest BCUT2D eigenvalue weighted by Crippen LogP contribution is -2.54. The van der Waals surface area contributed by atoms with Crippen molar-refractivity contribution in [1.29, 1.82) is 0 Å². The van der Waals surface area contributed by atoms with Crippen LogP contribution < -0.4 is 20.1 Å². The van der Waals surface area contributed by atoms with Gasteiger partial charge < -0.3 is 29.2 Å². The normalized spacial score (nSPS) is 18.9. The number of aromatic nitrogens is 1. The summed E-state index contributed by atoms with van der Waals surface area (Å²) in [6.07, 6.45) is 2.22. The van der Waals surface area contributed by atoms with Crippen molar-refractivity contribution >= 4 is 41.5 Å². The molecule has 0 bridgehead atoms. The number of ether oxygens (including phenoxy) is 4. The van der Waals surface area contributed by atoms with E-state index in [4.69, 9.17) is 18.9 Å². The Kier molecular flexibility index (Phi) is 15.7. The van der Waals surface area contributed by atoms with Gasteiger partial charge in [0.25, 0.3) is 17.7 Å². The number of hydrogen-bond donors (Lipinski definition) is 2. The van der Waals surface area contributed by atoms with E-state index in [1.54, 1.807) is 30.2 Å². The quantitative estimate of drug-likeness (QED) is 0.123. The van der Waals surface area contributed by atoms with Crippen molar-refractivity contribution in [2.24, 2.45) is 11.8 Å². The summed E-state index contributed by atoms with van der Waals surface area (Å²) in [4.78, 5) is 82.4. The molecule has 1 aromatic heterocycles. The molecule has 18 heteroatoms. The first kappa shape index (κ1) is 46.4. The number of fused-ring (bicyclic) bond motifs is 1. The van der Waals surface area contributed by atoms with E-state index in [2.05, 4.69) is 15.6 Å². The van der Waals surface area contributed by atoms with Crippen LogP contribution in [0.4, 0.5) is 13.2 Å². The van der Waals surface area contributed by atoms with E-state index < -0.39 is 47.7 Å². The highest BCUT2D eigenvalue weighted by Crippen LogP contribution is 2.40. The summed E-state index contributed by atoms with van der Waals surface area (Å²) in [7, 11) is 3.16. The van der Waals surface area contributed by atoms with E-state index in [0.717, 1.165) is 16.0 Å². The van der Waals surface area contributed by atoms with Gasteiger partial charge in [0.15, 0.2) is 0 Å². The summed E-state index contributed by atoms with van der Waals surface area (Å²) in [6.45, 7) is 1.74. The fourth-order valence-electron chi connectivity index (χ4n) is 7.60. The Morgan fingerprint density at radius 3 is 2.35 bits per heavy atom. The minimum atomic E-state index is -4.17. The third kappa shape index (κ3) is 12.3. The van der Waals surface area contributed by atoms with Crippen molar-refractivity contribution < 1.29 is 60.9 Å². The molecule has 1 atom stereocenters. The monoisotopic (exact) mass is 877 g/mol. The number of hydrogen-bond acceptors (Lipinski definition) is 11. The number of piperidine rings is 1. The van der Waals surface area contributed by atoms with Crippen LogP contribution in [-0.2, 0) is 36.8 Å².